The monoisotopic (exact) mass is 400 g/mol. The number of halogens is 1. The molecule has 2 aliphatic rings. The fraction of sp³-hybridized carbons (Fsp3) is 0.562. The van der Waals surface area contributed by atoms with Gasteiger partial charge in [0.25, 0.3) is 0 Å². The lowest BCUT2D eigenvalue weighted by Gasteiger charge is -2.35. The highest BCUT2D eigenvalue weighted by molar-refractivity contribution is 9.10. The maximum absolute atomic E-state index is 12.7. The number of amides is 1. The summed E-state index contributed by atoms with van der Waals surface area (Å²) in [7, 11) is -3.49. The summed E-state index contributed by atoms with van der Waals surface area (Å²) in [5, 5.41) is 0. The highest BCUT2D eigenvalue weighted by atomic mass is 79.9. The largest absolute Gasteiger partial charge is 0.340 e. The number of hydrogen-bond acceptors (Lipinski definition) is 3. The van der Waals surface area contributed by atoms with E-state index in [0.29, 0.717) is 31.1 Å². The Hall–Kier alpha value is -0.920. The summed E-state index contributed by atoms with van der Waals surface area (Å²) >= 11 is 3.31. The molecule has 126 valence electrons. The van der Waals surface area contributed by atoms with Crippen LogP contribution in [-0.4, -0.2) is 49.7 Å². The topological polar surface area (TPSA) is 57.7 Å². The third-order valence-electron chi connectivity index (χ3n) is 4.69. The Kier molecular flexibility index (Phi) is 5.08. The Balaban J connectivity index is 1.65. The first kappa shape index (κ1) is 16.9. The molecule has 1 saturated carbocycles. The molecule has 0 N–H and O–H groups in total. The SMILES string of the molecule is O=C(C1CCCC1)N1CCN(S(=O)(=O)c2cccc(Br)c2)CC1. The number of carbonyl (C=O) groups excluding carboxylic acids is 1. The third-order valence-corrected chi connectivity index (χ3v) is 7.08. The Morgan fingerprint density at radius 3 is 2.35 bits per heavy atom. The molecule has 3 rings (SSSR count). The van der Waals surface area contributed by atoms with Gasteiger partial charge in [0.2, 0.25) is 15.9 Å². The first-order valence-electron chi connectivity index (χ1n) is 8.03. The van der Waals surface area contributed by atoms with Crippen molar-refractivity contribution in [2.24, 2.45) is 5.92 Å². The van der Waals surface area contributed by atoms with Gasteiger partial charge in [0.15, 0.2) is 0 Å². The van der Waals surface area contributed by atoms with Crippen molar-refractivity contribution in [1.29, 1.82) is 0 Å². The average Bonchev–Trinajstić information content (AvgIpc) is 3.09. The number of piperazine rings is 1. The van der Waals surface area contributed by atoms with Crippen LogP contribution in [0.1, 0.15) is 25.7 Å². The predicted octanol–water partition coefficient (Wildman–Crippen LogP) is 2.47. The number of benzene rings is 1. The molecule has 0 radical (unpaired) electrons. The molecule has 7 heteroatoms. The van der Waals surface area contributed by atoms with Gasteiger partial charge in [-0.1, -0.05) is 34.8 Å². The van der Waals surface area contributed by atoms with Crippen LogP contribution < -0.4 is 0 Å². The minimum Gasteiger partial charge on any atom is -0.340 e. The van der Waals surface area contributed by atoms with Gasteiger partial charge in [-0.3, -0.25) is 4.79 Å². The molecule has 1 aromatic carbocycles. The molecular weight excluding hydrogens is 380 g/mol. The minimum atomic E-state index is -3.49. The van der Waals surface area contributed by atoms with Gasteiger partial charge in [-0.2, -0.15) is 4.31 Å². The summed E-state index contributed by atoms with van der Waals surface area (Å²) < 4.78 is 27.6. The highest BCUT2D eigenvalue weighted by Crippen LogP contribution is 2.27. The maximum atomic E-state index is 12.7. The van der Waals surface area contributed by atoms with Gasteiger partial charge in [0.05, 0.1) is 4.90 Å². The van der Waals surface area contributed by atoms with Crippen molar-refractivity contribution in [3.05, 3.63) is 28.7 Å². The standard InChI is InChI=1S/C16H21BrN2O3S/c17-14-6-3-7-15(12-14)23(21,22)19-10-8-18(9-11-19)16(20)13-4-1-2-5-13/h3,6-7,12-13H,1-2,4-5,8-11H2. The van der Waals surface area contributed by atoms with E-state index < -0.39 is 10.0 Å². The summed E-state index contributed by atoms with van der Waals surface area (Å²) in [5.41, 5.74) is 0. The van der Waals surface area contributed by atoms with E-state index in [4.69, 9.17) is 0 Å². The Bertz CT molecular complexity index is 678. The Morgan fingerprint density at radius 1 is 1.09 bits per heavy atom. The zero-order valence-electron chi connectivity index (χ0n) is 12.9. The number of rotatable bonds is 3. The van der Waals surface area contributed by atoms with E-state index in [9.17, 15) is 13.2 Å². The van der Waals surface area contributed by atoms with Crippen molar-refractivity contribution in [3.63, 3.8) is 0 Å². The van der Waals surface area contributed by atoms with Gasteiger partial charge in [-0.25, -0.2) is 8.42 Å². The molecule has 2 fully saturated rings. The summed E-state index contributed by atoms with van der Waals surface area (Å²) in [4.78, 5) is 14.6. The molecule has 1 aliphatic heterocycles. The van der Waals surface area contributed by atoms with Crippen molar-refractivity contribution in [2.45, 2.75) is 30.6 Å². The molecule has 1 amide bonds. The summed E-state index contributed by atoms with van der Waals surface area (Å²) in [6, 6.07) is 6.75. The van der Waals surface area contributed by atoms with Crippen LogP contribution >= 0.6 is 15.9 Å². The number of carbonyl (C=O) groups is 1. The van der Waals surface area contributed by atoms with Crippen molar-refractivity contribution < 1.29 is 13.2 Å². The smallest absolute Gasteiger partial charge is 0.243 e. The quantitative estimate of drug-likeness (QED) is 0.782. The molecule has 5 nitrogen and oxygen atoms in total. The van der Waals surface area contributed by atoms with E-state index in [-0.39, 0.29) is 11.8 Å². The van der Waals surface area contributed by atoms with Crippen molar-refractivity contribution in [2.75, 3.05) is 26.2 Å². The van der Waals surface area contributed by atoms with Gasteiger partial charge in [0, 0.05) is 36.6 Å². The van der Waals surface area contributed by atoms with Crippen LogP contribution in [-0.2, 0) is 14.8 Å². The van der Waals surface area contributed by atoms with E-state index in [0.717, 1.165) is 30.2 Å². The lowest BCUT2D eigenvalue weighted by atomic mass is 10.1. The van der Waals surface area contributed by atoms with Crippen LogP contribution in [0.2, 0.25) is 0 Å². The van der Waals surface area contributed by atoms with E-state index >= 15 is 0 Å². The fourth-order valence-corrected chi connectivity index (χ4v) is 5.38. The molecular formula is C16H21BrN2O3S. The van der Waals surface area contributed by atoms with Gasteiger partial charge in [-0.05, 0) is 31.0 Å². The van der Waals surface area contributed by atoms with Crippen LogP contribution in [0.3, 0.4) is 0 Å². The lowest BCUT2D eigenvalue weighted by Crippen LogP contribution is -2.51. The molecule has 1 saturated heterocycles. The van der Waals surface area contributed by atoms with Crippen molar-refractivity contribution in [3.8, 4) is 0 Å². The zero-order chi connectivity index (χ0) is 16.4. The molecule has 1 heterocycles. The van der Waals surface area contributed by atoms with Crippen LogP contribution in [0.25, 0.3) is 0 Å². The van der Waals surface area contributed by atoms with E-state index in [1.165, 1.54) is 4.31 Å². The molecule has 1 aliphatic carbocycles. The zero-order valence-corrected chi connectivity index (χ0v) is 15.4. The minimum absolute atomic E-state index is 0.156. The van der Waals surface area contributed by atoms with Crippen LogP contribution in [0.15, 0.2) is 33.6 Å². The predicted molar refractivity (Wildman–Crippen MR) is 91.4 cm³/mol. The molecule has 0 bridgehead atoms. The first-order chi connectivity index (χ1) is 11.0. The second-order valence-corrected chi connectivity index (χ2v) is 9.02. The van der Waals surface area contributed by atoms with Gasteiger partial charge >= 0.3 is 0 Å². The fourth-order valence-electron chi connectivity index (χ4n) is 3.36. The summed E-state index contributed by atoms with van der Waals surface area (Å²) in [5.74, 6) is 0.366. The molecule has 0 aromatic heterocycles. The van der Waals surface area contributed by atoms with Gasteiger partial charge < -0.3 is 4.90 Å². The Labute approximate surface area is 145 Å². The molecule has 0 spiro atoms. The van der Waals surface area contributed by atoms with Crippen LogP contribution in [0.5, 0.6) is 0 Å². The van der Waals surface area contributed by atoms with E-state index in [1.807, 2.05) is 4.90 Å². The third kappa shape index (κ3) is 3.61. The number of sulfonamides is 1. The summed E-state index contributed by atoms with van der Waals surface area (Å²) in [6.45, 7) is 1.71. The average molecular weight is 401 g/mol. The number of nitrogens with zero attached hydrogens (tertiary/aromatic N) is 2. The lowest BCUT2D eigenvalue weighted by molar-refractivity contribution is -0.136. The molecule has 23 heavy (non-hydrogen) atoms. The second-order valence-electron chi connectivity index (χ2n) is 6.17. The number of hydrogen-bond donors (Lipinski definition) is 0. The first-order valence-corrected chi connectivity index (χ1v) is 10.3. The van der Waals surface area contributed by atoms with Crippen molar-refractivity contribution >= 4 is 31.9 Å². The van der Waals surface area contributed by atoms with Gasteiger partial charge in [-0.15, -0.1) is 0 Å². The normalized spacial score (nSPS) is 20.8. The van der Waals surface area contributed by atoms with E-state index in [1.54, 1.807) is 24.3 Å². The van der Waals surface area contributed by atoms with Crippen molar-refractivity contribution in [1.82, 2.24) is 9.21 Å². The molecule has 0 atom stereocenters. The van der Waals surface area contributed by atoms with Crippen LogP contribution in [0.4, 0.5) is 0 Å². The highest BCUT2D eigenvalue weighted by Gasteiger charge is 2.33. The van der Waals surface area contributed by atoms with Crippen LogP contribution in [0, 0.1) is 5.92 Å². The van der Waals surface area contributed by atoms with Gasteiger partial charge in [0.1, 0.15) is 0 Å². The van der Waals surface area contributed by atoms with E-state index in [2.05, 4.69) is 15.9 Å². The Morgan fingerprint density at radius 2 is 1.74 bits per heavy atom. The molecule has 0 unspecified atom stereocenters. The summed E-state index contributed by atoms with van der Waals surface area (Å²) in [6.07, 6.45) is 4.23. The molecule has 1 aromatic rings. The maximum Gasteiger partial charge on any atom is 0.243 e. The second kappa shape index (κ2) is 6.91.